The number of rotatable bonds is 8. The summed E-state index contributed by atoms with van der Waals surface area (Å²) in [6.45, 7) is 2.54. The molecule has 1 aromatic rings. The van der Waals surface area contributed by atoms with Crippen LogP contribution >= 0.6 is 0 Å². The first-order valence-electron chi connectivity index (χ1n) is 9.30. The number of carbonyl (C=O) groups is 2. The van der Waals surface area contributed by atoms with E-state index in [0.29, 0.717) is 5.56 Å². The van der Waals surface area contributed by atoms with E-state index in [0.717, 1.165) is 6.08 Å². The summed E-state index contributed by atoms with van der Waals surface area (Å²) in [5.74, 6) is -1.57. The molecule has 0 aliphatic carbocycles. The van der Waals surface area contributed by atoms with Crippen molar-refractivity contribution in [1.82, 2.24) is 0 Å². The van der Waals surface area contributed by atoms with E-state index in [4.69, 9.17) is 14.2 Å². The van der Waals surface area contributed by atoms with E-state index < -0.39 is 49.4 Å². The van der Waals surface area contributed by atoms with Crippen LogP contribution in [0.25, 0.3) is 6.08 Å². The van der Waals surface area contributed by atoms with Crippen LogP contribution in [0.4, 0.5) is 0 Å². The molecule has 0 saturated carbocycles. The van der Waals surface area contributed by atoms with Crippen molar-refractivity contribution in [3.05, 3.63) is 29.8 Å². The summed E-state index contributed by atoms with van der Waals surface area (Å²) in [4.78, 5) is 23.1. The molecule has 30 heavy (non-hydrogen) atoms. The van der Waals surface area contributed by atoms with Gasteiger partial charge in [0.15, 0.2) is 17.8 Å². The maximum absolute atomic E-state index is 11.9. The number of aliphatic hydroxyl groups excluding tert-OH is 3. The van der Waals surface area contributed by atoms with Gasteiger partial charge < -0.3 is 39.7 Å². The number of benzene rings is 1. The van der Waals surface area contributed by atoms with Gasteiger partial charge in [0, 0.05) is 12.5 Å². The monoisotopic (exact) mass is 426 g/mol. The van der Waals surface area contributed by atoms with E-state index in [-0.39, 0.29) is 23.7 Å². The summed E-state index contributed by atoms with van der Waals surface area (Å²) >= 11 is 0. The van der Waals surface area contributed by atoms with Crippen molar-refractivity contribution in [2.24, 2.45) is 0 Å². The molecule has 6 atom stereocenters. The Balaban J connectivity index is 1.93. The number of phenols is 2. The molecule has 1 aliphatic rings. The molecule has 0 aromatic heterocycles. The van der Waals surface area contributed by atoms with E-state index in [1.807, 2.05) is 0 Å². The lowest BCUT2D eigenvalue weighted by Gasteiger charge is -2.40. The van der Waals surface area contributed by atoms with E-state index in [1.165, 1.54) is 31.2 Å². The number of aliphatic hydroxyl groups is 3. The van der Waals surface area contributed by atoms with E-state index in [1.54, 1.807) is 6.92 Å². The van der Waals surface area contributed by atoms with Crippen molar-refractivity contribution in [3.63, 3.8) is 0 Å². The zero-order valence-corrected chi connectivity index (χ0v) is 16.5. The number of esters is 1. The molecule has 1 fully saturated rings. The van der Waals surface area contributed by atoms with Gasteiger partial charge in [-0.25, -0.2) is 4.79 Å². The fraction of sp³-hybridized carbons (Fsp3) is 0.500. The van der Waals surface area contributed by atoms with Crippen molar-refractivity contribution in [3.8, 4) is 11.5 Å². The smallest absolute Gasteiger partial charge is 0.330 e. The first kappa shape index (κ1) is 23.8. The van der Waals surface area contributed by atoms with Gasteiger partial charge in [0.25, 0.3) is 0 Å². The van der Waals surface area contributed by atoms with Crippen molar-refractivity contribution < 1.29 is 49.3 Å². The van der Waals surface area contributed by atoms with Crippen LogP contribution in [-0.2, 0) is 23.8 Å². The predicted octanol–water partition coefficient (Wildman–Crippen LogP) is -0.154. The Morgan fingerprint density at radius 2 is 1.83 bits per heavy atom. The number of Topliss-reactive ketones (excluding diaryl/α,β-unsaturated/α-hetero) is 1. The van der Waals surface area contributed by atoms with Gasteiger partial charge in [-0.3, -0.25) is 4.79 Å². The largest absolute Gasteiger partial charge is 0.504 e. The van der Waals surface area contributed by atoms with Crippen LogP contribution in [0, 0.1) is 0 Å². The number of hydrogen-bond donors (Lipinski definition) is 5. The Hall–Kier alpha value is -2.50. The third-order valence-electron chi connectivity index (χ3n) is 4.41. The third-order valence-corrected chi connectivity index (χ3v) is 4.41. The highest BCUT2D eigenvalue weighted by molar-refractivity contribution is 5.87. The first-order chi connectivity index (χ1) is 14.1. The minimum absolute atomic E-state index is 0.0719. The second-order valence-corrected chi connectivity index (χ2v) is 7.08. The highest BCUT2D eigenvalue weighted by Crippen LogP contribution is 2.26. The van der Waals surface area contributed by atoms with Crippen LogP contribution < -0.4 is 0 Å². The summed E-state index contributed by atoms with van der Waals surface area (Å²) in [6.07, 6.45) is -5.31. The average Bonchev–Trinajstić information content (AvgIpc) is 2.67. The quantitative estimate of drug-likeness (QED) is 0.214. The molecule has 0 spiro atoms. The fourth-order valence-electron chi connectivity index (χ4n) is 2.87. The normalized spacial score (nSPS) is 27.7. The van der Waals surface area contributed by atoms with Gasteiger partial charge in [0.2, 0.25) is 0 Å². The second kappa shape index (κ2) is 10.5. The lowest BCUT2D eigenvalue weighted by molar-refractivity contribution is -0.310. The van der Waals surface area contributed by atoms with Crippen molar-refractivity contribution in [2.45, 2.75) is 57.1 Å². The summed E-state index contributed by atoms with van der Waals surface area (Å²) in [6, 6.07) is 3.97. The predicted molar refractivity (Wildman–Crippen MR) is 102 cm³/mol. The summed E-state index contributed by atoms with van der Waals surface area (Å²) in [7, 11) is 0. The van der Waals surface area contributed by atoms with Crippen LogP contribution in [-0.4, -0.2) is 80.7 Å². The minimum atomic E-state index is -1.60. The first-order valence-corrected chi connectivity index (χ1v) is 9.30. The Morgan fingerprint density at radius 1 is 1.13 bits per heavy atom. The Labute approximate surface area is 172 Å². The van der Waals surface area contributed by atoms with Crippen LogP contribution in [0.5, 0.6) is 11.5 Å². The van der Waals surface area contributed by atoms with Crippen molar-refractivity contribution >= 4 is 17.8 Å². The number of ether oxygens (including phenoxy) is 3. The molecule has 2 rings (SSSR count). The van der Waals surface area contributed by atoms with Gasteiger partial charge in [-0.1, -0.05) is 6.07 Å². The Kier molecular flexibility index (Phi) is 8.33. The highest BCUT2D eigenvalue weighted by Gasteiger charge is 2.45. The average molecular weight is 426 g/mol. The zero-order chi connectivity index (χ0) is 22.4. The van der Waals surface area contributed by atoms with Gasteiger partial charge in [0.1, 0.15) is 36.8 Å². The molecule has 0 bridgehead atoms. The fourth-order valence-corrected chi connectivity index (χ4v) is 2.87. The molecule has 10 heteroatoms. The van der Waals surface area contributed by atoms with Crippen LogP contribution in [0.2, 0.25) is 0 Å². The molecule has 1 aromatic carbocycles. The van der Waals surface area contributed by atoms with Crippen molar-refractivity contribution in [1.29, 1.82) is 0 Å². The molecule has 1 aliphatic heterocycles. The van der Waals surface area contributed by atoms with Gasteiger partial charge >= 0.3 is 5.97 Å². The Morgan fingerprint density at radius 3 is 2.47 bits per heavy atom. The zero-order valence-electron chi connectivity index (χ0n) is 16.5. The lowest BCUT2D eigenvalue weighted by atomic mass is 9.99. The van der Waals surface area contributed by atoms with Crippen LogP contribution in [0.1, 0.15) is 25.8 Å². The number of hydrogen-bond acceptors (Lipinski definition) is 10. The van der Waals surface area contributed by atoms with Crippen molar-refractivity contribution in [2.75, 3.05) is 6.61 Å². The molecular formula is C20H26O10. The summed E-state index contributed by atoms with van der Waals surface area (Å²) in [5.41, 5.74) is 0.433. The maximum Gasteiger partial charge on any atom is 0.330 e. The standard InChI is InChI=1S/C20H26O10/c1-10(21)7-11(2)29-20-19(27)18(26)17(25)15(30-20)9-28-16(24)6-4-12-3-5-13(22)14(23)8-12/h3-6,8,11,15,17-20,22-23,25-27H,7,9H2,1-2H3. The molecular weight excluding hydrogens is 400 g/mol. The van der Waals surface area contributed by atoms with Crippen LogP contribution in [0.3, 0.4) is 0 Å². The molecule has 5 N–H and O–H groups in total. The highest BCUT2D eigenvalue weighted by atomic mass is 16.7. The third kappa shape index (κ3) is 6.51. The number of carbonyl (C=O) groups excluding carboxylic acids is 2. The molecule has 0 amide bonds. The summed E-state index contributed by atoms with van der Waals surface area (Å²) < 4.78 is 15.9. The second-order valence-electron chi connectivity index (χ2n) is 7.08. The maximum atomic E-state index is 11.9. The SMILES string of the molecule is CC(=O)CC(C)OC1OC(COC(=O)C=Cc2ccc(O)c(O)c2)C(O)C(O)C1O. The number of ketones is 1. The van der Waals surface area contributed by atoms with E-state index >= 15 is 0 Å². The Bertz CT molecular complexity index is 777. The van der Waals surface area contributed by atoms with E-state index in [9.17, 15) is 35.1 Å². The number of aromatic hydroxyl groups is 2. The molecule has 1 heterocycles. The molecule has 6 unspecified atom stereocenters. The van der Waals surface area contributed by atoms with Gasteiger partial charge in [0.05, 0.1) is 6.10 Å². The van der Waals surface area contributed by atoms with E-state index in [2.05, 4.69) is 0 Å². The number of phenolic OH excluding ortho intramolecular Hbond substituents is 2. The molecule has 10 nitrogen and oxygen atoms in total. The van der Waals surface area contributed by atoms with Gasteiger partial charge in [-0.2, -0.15) is 0 Å². The van der Waals surface area contributed by atoms with Gasteiger partial charge in [-0.15, -0.1) is 0 Å². The lowest BCUT2D eigenvalue weighted by Crippen LogP contribution is -2.59. The molecule has 0 radical (unpaired) electrons. The topological polar surface area (TPSA) is 163 Å². The summed E-state index contributed by atoms with van der Waals surface area (Å²) in [5, 5.41) is 48.8. The minimum Gasteiger partial charge on any atom is -0.504 e. The molecule has 166 valence electrons. The van der Waals surface area contributed by atoms with Crippen LogP contribution in [0.15, 0.2) is 24.3 Å². The molecule has 1 saturated heterocycles. The van der Waals surface area contributed by atoms with Gasteiger partial charge in [-0.05, 0) is 37.6 Å².